The molecule has 0 aliphatic heterocycles. The van der Waals surface area contributed by atoms with Crippen LogP contribution < -0.4 is 4.57 Å². The molecule has 16 heavy (non-hydrogen) atoms. The Labute approximate surface area is 94.9 Å². The van der Waals surface area contributed by atoms with Gasteiger partial charge in [-0.25, -0.2) is 9.59 Å². The Morgan fingerprint density at radius 2 is 1.94 bits per heavy atom. The Bertz CT molecular complexity index is 419. The second kappa shape index (κ2) is 4.43. The number of aromatic nitrogens is 1. The van der Waals surface area contributed by atoms with Crippen LogP contribution in [0.25, 0.3) is 0 Å². The van der Waals surface area contributed by atoms with Crippen molar-refractivity contribution in [3.63, 3.8) is 0 Å². The maximum Gasteiger partial charge on any atom is 0.397 e. The van der Waals surface area contributed by atoms with Gasteiger partial charge in [0.15, 0.2) is 12.4 Å². The second-order valence-electron chi connectivity index (χ2n) is 4.55. The van der Waals surface area contributed by atoms with Gasteiger partial charge in [-0.3, -0.25) is 0 Å². The summed E-state index contributed by atoms with van der Waals surface area (Å²) >= 11 is 0. The highest BCUT2D eigenvalue weighted by molar-refractivity contribution is 5.88. The molecule has 86 valence electrons. The maximum absolute atomic E-state index is 11.9. The molecule has 0 bridgehead atoms. The fraction of sp³-hybridized carbons (Fsp3) is 0.417. The first-order chi connectivity index (χ1) is 7.36. The molecule has 0 fully saturated rings. The van der Waals surface area contributed by atoms with Crippen molar-refractivity contribution in [1.82, 2.24) is 0 Å². The van der Waals surface area contributed by atoms with Gasteiger partial charge in [-0.1, -0.05) is 0 Å². The Hall–Kier alpha value is -1.71. The molecule has 4 heteroatoms. The summed E-state index contributed by atoms with van der Waals surface area (Å²) in [5, 5.41) is 0. The molecule has 0 saturated carbocycles. The van der Waals surface area contributed by atoms with Crippen LogP contribution in [0.3, 0.4) is 0 Å². The SMILES string of the molecule is COC(=O)c1ccc[n+](C(=O)C(C)(C)C)c1. The van der Waals surface area contributed by atoms with Gasteiger partial charge >= 0.3 is 11.9 Å². The molecule has 0 spiro atoms. The molecule has 0 aromatic carbocycles. The molecule has 0 unspecified atom stereocenters. The van der Waals surface area contributed by atoms with Crippen LogP contribution in [0, 0.1) is 5.41 Å². The average Bonchev–Trinajstić information content (AvgIpc) is 2.26. The summed E-state index contributed by atoms with van der Waals surface area (Å²) < 4.78 is 6.00. The zero-order valence-corrected chi connectivity index (χ0v) is 9.98. The minimum absolute atomic E-state index is 0.0711. The van der Waals surface area contributed by atoms with E-state index in [2.05, 4.69) is 4.74 Å². The lowest BCUT2D eigenvalue weighted by atomic mass is 9.95. The van der Waals surface area contributed by atoms with E-state index in [0.717, 1.165) is 0 Å². The smallest absolute Gasteiger partial charge is 0.397 e. The second-order valence-corrected chi connectivity index (χ2v) is 4.55. The van der Waals surface area contributed by atoms with Crippen LogP contribution in [0.1, 0.15) is 35.9 Å². The number of hydrogen-bond donors (Lipinski definition) is 0. The summed E-state index contributed by atoms with van der Waals surface area (Å²) in [7, 11) is 1.31. The van der Waals surface area contributed by atoms with Crippen molar-refractivity contribution in [3.8, 4) is 0 Å². The van der Waals surface area contributed by atoms with Crippen molar-refractivity contribution >= 4 is 11.9 Å². The molecule has 0 atom stereocenters. The third kappa shape index (κ3) is 2.66. The van der Waals surface area contributed by atoms with Gasteiger partial charge in [0.25, 0.3) is 0 Å². The summed E-state index contributed by atoms with van der Waals surface area (Å²) in [6, 6.07) is 3.26. The van der Waals surface area contributed by atoms with Crippen molar-refractivity contribution in [3.05, 3.63) is 30.1 Å². The van der Waals surface area contributed by atoms with Crippen LogP contribution in [0.4, 0.5) is 0 Å². The van der Waals surface area contributed by atoms with Crippen molar-refractivity contribution in [2.75, 3.05) is 7.11 Å². The number of nitrogens with zero attached hydrogens (tertiary/aromatic N) is 1. The lowest BCUT2D eigenvalue weighted by molar-refractivity contribution is -0.579. The molecule has 1 heterocycles. The third-order valence-electron chi connectivity index (χ3n) is 2.10. The highest BCUT2D eigenvalue weighted by Gasteiger charge is 2.31. The molecule has 0 N–H and O–H groups in total. The van der Waals surface area contributed by atoms with Crippen LogP contribution in [0.5, 0.6) is 0 Å². The van der Waals surface area contributed by atoms with Gasteiger partial charge in [0.1, 0.15) is 5.56 Å². The van der Waals surface area contributed by atoms with Crippen molar-refractivity contribution < 1.29 is 18.9 Å². The van der Waals surface area contributed by atoms with Crippen LogP contribution in [0.2, 0.25) is 0 Å². The Balaban J connectivity index is 3.09. The number of ether oxygens (including phenoxy) is 1. The summed E-state index contributed by atoms with van der Waals surface area (Å²) in [5.74, 6) is -0.519. The van der Waals surface area contributed by atoms with E-state index >= 15 is 0 Å². The average molecular weight is 222 g/mol. The molecular formula is C12H16NO3+. The fourth-order valence-electron chi connectivity index (χ4n) is 1.23. The number of carbonyl (C=O) groups is 2. The molecule has 1 aromatic rings. The molecule has 1 aromatic heterocycles. The zero-order valence-electron chi connectivity index (χ0n) is 9.98. The summed E-state index contributed by atoms with van der Waals surface area (Å²) in [4.78, 5) is 23.2. The zero-order chi connectivity index (χ0) is 12.3. The van der Waals surface area contributed by atoms with E-state index in [4.69, 9.17) is 0 Å². The Kier molecular flexibility index (Phi) is 3.42. The number of carbonyl (C=O) groups excluding carboxylic acids is 2. The molecule has 0 aliphatic rings. The molecule has 1 rings (SSSR count). The molecular weight excluding hydrogens is 206 g/mol. The van der Waals surface area contributed by atoms with Crippen molar-refractivity contribution in [1.29, 1.82) is 0 Å². The van der Waals surface area contributed by atoms with Gasteiger partial charge in [0, 0.05) is 6.07 Å². The monoisotopic (exact) mass is 222 g/mol. The topological polar surface area (TPSA) is 47.2 Å². The minimum Gasteiger partial charge on any atom is -0.465 e. The highest BCUT2D eigenvalue weighted by Crippen LogP contribution is 2.12. The maximum atomic E-state index is 11.9. The number of pyridine rings is 1. The van der Waals surface area contributed by atoms with E-state index in [1.165, 1.54) is 17.9 Å². The van der Waals surface area contributed by atoms with Gasteiger partial charge in [-0.05, 0) is 26.8 Å². The van der Waals surface area contributed by atoms with Gasteiger partial charge in [-0.2, -0.15) is 0 Å². The van der Waals surface area contributed by atoms with Gasteiger partial charge in [0.2, 0.25) is 0 Å². The molecule has 0 amide bonds. The Morgan fingerprint density at radius 1 is 1.31 bits per heavy atom. The minimum atomic E-state index is -0.487. The van der Waals surface area contributed by atoms with E-state index in [9.17, 15) is 9.59 Å². The molecule has 0 saturated heterocycles. The normalized spacial score (nSPS) is 11.0. The van der Waals surface area contributed by atoms with Gasteiger partial charge in [-0.15, -0.1) is 4.57 Å². The predicted octanol–water partition coefficient (Wildman–Crippen LogP) is 1.45. The van der Waals surface area contributed by atoms with E-state index in [1.807, 2.05) is 20.8 Å². The third-order valence-corrected chi connectivity index (χ3v) is 2.10. The van der Waals surface area contributed by atoms with E-state index < -0.39 is 11.4 Å². The largest absolute Gasteiger partial charge is 0.465 e. The molecule has 4 nitrogen and oxygen atoms in total. The quantitative estimate of drug-likeness (QED) is 0.533. The lowest BCUT2D eigenvalue weighted by Crippen LogP contribution is -2.49. The highest BCUT2D eigenvalue weighted by atomic mass is 16.5. The number of methoxy groups -OCH3 is 1. The van der Waals surface area contributed by atoms with Crippen molar-refractivity contribution in [2.24, 2.45) is 5.41 Å². The van der Waals surface area contributed by atoms with Crippen LogP contribution in [-0.4, -0.2) is 19.0 Å². The van der Waals surface area contributed by atoms with Crippen LogP contribution in [0.15, 0.2) is 24.5 Å². The van der Waals surface area contributed by atoms with Gasteiger partial charge < -0.3 is 4.74 Å². The van der Waals surface area contributed by atoms with E-state index in [1.54, 1.807) is 18.3 Å². The number of rotatable bonds is 1. The molecule has 0 radical (unpaired) electrons. The van der Waals surface area contributed by atoms with Crippen molar-refractivity contribution in [2.45, 2.75) is 20.8 Å². The van der Waals surface area contributed by atoms with Crippen LogP contribution >= 0.6 is 0 Å². The first-order valence-electron chi connectivity index (χ1n) is 5.00. The first-order valence-corrected chi connectivity index (χ1v) is 5.00. The predicted molar refractivity (Wildman–Crippen MR) is 58.1 cm³/mol. The fourth-order valence-corrected chi connectivity index (χ4v) is 1.23. The first kappa shape index (κ1) is 12.4. The molecule has 0 aliphatic carbocycles. The summed E-state index contributed by atoms with van der Waals surface area (Å²) in [5.41, 5.74) is -0.123. The lowest BCUT2D eigenvalue weighted by Gasteiger charge is -2.10. The van der Waals surface area contributed by atoms with Crippen LogP contribution in [-0.2, 0) is 4.74 Å². The summed E-state index contributed by atoms with van der Waals surface area (Å²) in [6.07, 6.45) is 3.11. The summed E-state index contributed by atoms with van der Waals surface area (Å²) in [6.45, 7) is 5.48. The van der Waals surface area contributed by atoms with E-state index in [0.29, 0.717) is 5.56 Å². The number of hydrogen-bond acceptors (Lipinski definition) is 3. The number of esters is 1. The van der Waals surface area contributed by atoms with E-state index in [-0.39, 0.29) is 5.91 Å². The standard InChI is InChI=1S/C12H16NO3/c1-12(2,3)11(15)13-7-5-6-9(8-13)10(14)16-4/h5-8H,1-4H3/q+1. The van der Waals surface area contributed by atoms with Gasteiger partial charge in [0.05, 0.1) is 12.5 Å². The Morgan fingerprint density at radius 3 is 2.44 bits per heavy atom.